The number of carbonyl (C=O) groups is 1. The van der Waals surface area contributed by atoms with Crippen molar-refractivity contribution in [2.75, 3.05) is 52.3 Å². The largest absolute Gasteiger partial charge is 0.493 e. The minimum absolute atomic E-state index is 0.0321. The minimum atomic E-state index is -0.0977. The van der Waals surface area contributed by atoms with Crippen LogP contribution in [0, 0.1) is 0 Å². The van der Waals surface area contributed by atoms with E-state index in [4.69, 9.17) is 9.47 Å². The molecule has 1 aliphatic rings. The Kier molecular flexibility index (Phi) is 7.88. The molecular formula is C24H33N3O3+2. The molecule has 3 rings (SSSR count). The van der Waals surface area contributed by atoms with Crippen LogP contribution in [0.3, 0.4) is 0 Å². The Bertz CT molecular complexity index is 846. The number of piperazine rings is 1. The smallest absolute Gasteiger partial charge is 0.282 e. The van der Waals surface area contributed by atoms with Gasteiger partial charge in [0.25, 0.3) is 5.91 Å². The van der Waals surface area contributed by atoms with Gasteiger partial charge in [0.15, 0.2) is 17.5 Å². The highest BCUT2D eigenvalue weighted by Crippen LogP contribution is 2.29. The number of quaternary nitrogens is 2. The molecule has 1 heterocycles. The van der Waals surface area contributed by atoms with Crippen LogP contribution in [-0.2, 0) is 4.79 Å². The van der Waals surface area contributed by atoms with Gasteiger partial charge >= 0.3 is 0 Å². The van der Waals surface area contributed by atoms with E-state index in [-0.39, 0.29) is 11.9 Å². The molecule has 0 unspecified atom stereocenters. The lowest BCUT2D eigenvalue weighted by Gasteiger charge is -2.32. The summed E-state index contributed by atoms with van der Waals surface area (Å²) in [5.41, 5.74) is 1.96. The molecule has 0 saturated carbocycles. The van der Waals surface area contributed by atoms with E-state index < -0.39 is 0 Å². The first-order chi connectivity index (χ1) is 14.6. The second-order valence-electron chi connectivity index (χ2n) is 7.71. The maximum atomic E-state index is 12.8. The molecule has 1 saturated heterocycles. The number of anilines is 1. The van der Waals surface area contributed by atoms with Crippen molar-refractivity contribution in [3.8, 4) is 11.5 Å². The number of nitrogens with one attached hydrogen (secondary N) is 3. The van der Waals surface area contributed by atoms with Crippen molar-refractivity contribution >= 4 is 17.7 Å². The summed E-state index contributed by atoms with van der Waals surface area (Å²) >= 11 is 0. The highest BCUT2D eigenvalue weighted by atomic mass is 16.5. The fourth-order valence-electron chi connectivity index (χ4n) is 3.84. The number of hydrogen-bond donors (Lipinski definition) is 3. The third-order valence-electron chi connectivity index (χ3n) is 5.77. The number of rotatable bonds is 8. The van der Waals surface area contributed by atoms with E-state index in [2.05, 4.69) is 41.7 Å². The summed E-state index contributed by atoms with van der Waals surface area (Å²) in [6.45, 7) is 7.16. The summed E-state index contributed by atoms with van der Waals surface area (Å²) < 4.78 is 10.6. The molecule has 160 valence electrons. The molecule has 2 aromatic carbocycles. The molecule has 0 radical (unpaired) electrons. The van der Waals surface area contributed by atoms with E-state index >= 15 is 0 Å². The first-order valence-electron chi connectivity index (χ1n) is 10.5. The number of benzene rings is 2. The normalized spacial score (nSPS) is 20.0. The van der Waals surface area contributed by atoms with Crippen molar-refractivity contribution in [2.24, 2.45) is 0 Å². The second-order valence-corrected chi connectivity index (χ2v) is 7.71. The monoisotopic (exact) mass is 411 g/mol. The molecule has 1 atom stereocenters. The lowest BCUT2D eigenvalue weighted by Crippen LogP contribution is -3.29. The van der Waals surface area contributed by atoms with Crippen LogP contribution in [0.1, 0.15) is 12.5 Å². The lowest BCUT2D eigenvalue weighted by atomic mass is 10.2. The van der Waals surface area contributed by atoms with Gasteiger partial charge in [-0.2, -0.15) is 0 Å². The zero-order valence-corrected chi connectivity index (χ0v) is 18.1. The van der Waals surface area contributed by atoms with Crippen molar-refractivity contribution < 1.29 is 24.1 Å². The summed E-state index contributed by atoms with van der Waals surface area (Å²) in [4.78, 5) is 15.7. The van der Waals surface area contributed by atoms with Gasteiger partial charge in [-0.1, -0.05) is 36.4 Å². The lowest BCUT2D eigenvalue weighted by molar-refractivity contribution is -1.02. The first kappa shape index (κ1) is 21.9. The molecule has 6 heteroatoms. The van der Waals surface area contributed by atoms with E-state index in [0.717, 1.165) is 38.4 Å². The van der Waals surface area contributed by atoms with Crippen molar-refractivity contribution in [1.29, 1.82) is 0 Å². The van der Waals surface area contributed by atoms with Gasteiger partial charge in [-0.05, 0) is 30.7 Å². The third kappa shape index (κ3) is 5.84. The van der Waals surface area contributed by atoms with E-state index in [1.54, 1.807) is 31.3 Å². The number of carbonyl (C=O) groups excluding carboxylic acids is 1. The van der Waals surface area contributed by atoms with Gasteiger partial charge in [0, 0.05) is 11.8 Å². The van der Waals surface area contributed by atoms with Gasteiger partial charge in [-0.3, -0.25) is 4.79 Å². The highest BCUT2D eigenvalue weighted by Gasteiger charge is 2.30. The Morgan fingerprint density at radius 1 is 1.03 bits per heavy atom. The molecule has 0 aromatic heterocycles. The predicted molar refractivity (Wildman–Crippen MR) is 119 cm³/mol. The van der Waals surface area contributed by atoms with E-state index in [0.29, 0.717) is 11.5 Å². The molecule has 0 spiro atoms. The average molecular weight is 412 g/mol. The summed E-state index contributed by atoms with van der Waals surface area (Å²) in [6, 6.07) is 15.7. The highest BCUT2D eigenvalue weighted by molar-refractivity contribution is 5.93. The molecule has 6 nitrogen and oxygen atoms in total. The van der Waals surface area contributed by atoms with Crippen LogP contribution in [0.25, 0.3) is 6.08 Å². The Hall–Kier alpha value is -2.83. The molecule has 0 bridgehead atoms. The Labute approximate surface area is 179 Å². The molecule has 30 heavy (non-hydrogen) atoms. The van der Waals surface area contributed by atoms with Crippen LogP contribution in [0.15, 0.2) is 54.6 Å². The van der Waals surface area contributed by atoms with Crippen LogP contribution in [0.5, 0.6) is 11.5 Å². The Morgan fingerprint density at radius 2 is 1.73 bits per heavy atom. The zero-order valence-electron chi connectivity index (χ0n) is 18.1. The summed E-state index contributed by atoms with van der Waals surface area (Å²) in [5.74, 6) is 1.29. The van der Waals surface area contributed by atoms with Crippen LogP contribution in [-0.4, -0.2) is 58.9 Å². The standard InChI is InChI=1S/C24H31N3O3/c1-19(24(28)25-21-11-12-22(29-2)23(18-21)30-3)27-16-14-26(15-17-27)13-7-10-20-8-5-4-6-9-20/h4-12,18-19H,13-17H2,1-3H3,(H,25,28)/p+2/b10-7+/t19-/m1/s1. The predicted octanol–water partition coefficient (Wildman–Crippen LogP) is 0.528. The number of methoxy groups -OCH3 is 2. The topological polar surface area (TPSA) is 56.4 Å². The fourth-order valence-corrected chi connectivity index (χ4v) is 3.84. The van der Waals surface area contributed by atoms with Crippen LogP contribution in [0.2, 0.25) is 0 Å². The molecular weight excluding hydrogens is 378 g/mol. The van der Waals surface area contributed by atoms with Crippen molar-refractivity contribution in [2.45, 2.75) is 13.0 Å². The molecule has 0 aliphatic carbocycles. The van der Waals surface area contributed by atoms with Crippen LogP contribution >= 0.6 is 0 Å². The van der Waals surface area contributed by atoms with Gasteiger partial charge in [0.1, 0.15) is 26.2 Å². The quantitative estimate of drug-likeness (QED) is 0.594. The van der Waals surface area contributed by atoms with Gasteiger partial charge in [0.2, 0.25) is 0 Å². The fraction of sp³-hybridized carbons (Fsp3) is 0.375. The van der Waals surface area contributed by atoms with Gasteiger partial charge in [-0.25, -0.2) is 0 Å². The maximum absolute atomic E-state index is 12.8. The number of ether oxygens (including phenoxy) is 2. The number of amides is 1. The summed E-state index contributed by atoms with van der Waals surface area (Å²) in [7, 11) is 3.19. The third-order valence-corrected chi connectivity index (χ3v) is 5.77. The molecule has 2 aromatic rings. The molecule has 3 N–H and O–H groups in total. The van der Waals surface area contributed by atoms with E-state index in [1.165, 1.54) is 10.5 Å². The SMILES string of the molecule is COc1ccc(NC(=O)[C@@H](C)[NH+]2CC[NH+](C/C=C/c3ccccc3)CC2)cc1OC. The van der Waals surface area contributed by atoms with E-state index in [9.17, 15) is 4.79 Å². The van der Waals surface area contributed by atoms with Crippen LogP contribution in [0.4, 0.5) is 5.69 Å². The van der Waals surface area contributed by atoms with E-state index in [1.807, 2.05) is 19.1 Å². The first-order valence-corrected chi connectivity index (χ1v) is 10.5. The van der Waals surface area contributed by atoms with Gasteiger partial charge in [0.05, 0.1) is 20.8 Å². The second kappa shape index (κ2) is 10.8. The maximum Gasteiger partial charge on any atom is 0.282 e. The van der Waals surface area contributed by atoms with Crippen molar-refractivity contribution in [3.63, 3.8) is 0 Å². The van der Waals surface area contributed by atoms with Crippen molar-refractivity contribution in [1.82, 2.24) is 0 Å². The number of hydrogen-bond acceptors (Lipinski definition) is 3. The Morgan fingerprint density at radius 3 is 2.40 bits per heavy atom. The Balaban J connectivity index is 1.47. The molecule has 1 aliphatic heterocycles. The van der Waals surface area contributed by atoms with Gasteiger partial charge in [-0.15, -0.1) is 0 Å². The van der Waals surface area contributed by atoms with Gasteiger partial charge < -0.3 is 24.6 Å². The van der Waals surface area contributed by atoms with Crippen LogP contribution < -0.4 is 24.6 Å². The minimum Gasteiger partial charge on any atom is -0.493 e. The summed E-state index contributed by atoms with van der Waals surface area (Å²) in [5, 5.41) is 3.02. The molecule has 1 amide bonds. The average Bonchev–Trinajstić information content (AvgIpc) is 2.79. The zero-order chi connectivity index (χ0) is 21.3. The summed E-state index contributed by atoms with van der Waals surface area (Å²) in [6.07, 6.45) is 4.44. The molecule has 1 fully saturated rings. The van der Waals surface area contributed by atoms with Crippen molar-refractivity contribution in [3.05, 3.63) is 60.2 Å².